The Balaban J connectivity index is 2.72. The van der Waals surface area contributed by atoms with Gasteiger partial charge in [0.1, 0.15) is 5.75 Å². The van der Waals surface area contributed by atoms with E-state index in [1.165, 1.54) is 0 Å². The molecule has 0 bridgehead atoms. The first-order valence-electron chi connectivity index (χ1n) is 4.46. The number of aliphatic hydroxyl groups is 1. The van der Waals surface area contributed by atoms with Crippen LogP contribution in [0.15, 0.2) is 23.6 Å². The molecular formula is C11H12O2S. The summed E-state index contributed by atoms with van der Waals surface area (Å²) in [6.07, 6.45) is -0.432. The minimum atomic E-state index is -0.432. The molecule has 0 saturated carbocycles. The lowest BCUT2D eigenvalue weighted by Crippen LogP contribution is -1.92. The van der Waals surface area contributed by atoms with Crippen molar-refractivity contribution in [2.45, 2.75) is 13.0 Å². The molecule has 1 aromatic heterocycles. The van der Waals surface area contributed by atoms with Crippen molar-refractivity contribution in [2.75, 3.05) is 7.11 Å². The molecule has 1 N–H and O–H groups in total. The molecule has 0 amide bonds. The van der Waals surface area contributed by atoms with Crippen molar-refractivity contribution in [1.82, 2.24) is 0 Å². The zero-order valence-electron chi connectivity index (χ0n) is 8.15. The van der Waals surface area contributed by atoms with E-state index < -0.39 is 6.10 Å². The van der Waals surface area contributed by atoms with E-state index in [0.29, 0.717) is 0 Å². The summed E-state index contributed by atoms with van der Waals surface area (Å²) in [7, 11) is 1.66. The number of fused-ring (bicyclic) bond motifs is 1. The lowest BCUT2D eigenvalue weighted by atomic mass is 10.1. The van der Waals surface area contributed by atoms with Crippen LogP contribution in [0.3, 0.4) is 0 Å². The lowest BCUT2D eigenvalue weighted by Gasteiger charge is -2.08. The Morgan fingerprint density at radius 3 is 2.79 bits per heavy atom. The van der Waals surface area contributed by atoms with E-state index in [1.807, 2.05) is 23.6 Å². The first kappa shape index (κ1) is 9.49. The fourth-order valence-corrected chi connectivity index (χ4v) is 2.50. The Hall–Kier alpha value is -1.06. The van der Waals surface area contributed by atoms with Crippen LogP contribution >= 0.6 is 11.3 Å². The average Bonchev–Trinajstić information content (AvgIpc) is 2.64. The monoisotopic (exact) mass is 208 g/mol. The quantitative estimate of drug-likeness (QED) is 0.822. The van der Waals surface area contributed by atoms with Crippen molar-refractivity contribution in [3.63, 3.8) is 0 Å². The predicted molar refractivity (Wildman–Crippen MR) is 59.0 cm³/mol. The molecule has 1 atom stereocenters. The molecule has 0 radical (unpaired) electrons. The summed E-state index contributed by atoms with van der Waals surface area (Å²) in [6, 6.07) is 5.84. The summed E-state index contributed by atoms with van der Waals surface area (Å²) >= 11 is 1.63. The van der Waals surface area contributed by atoms with Gasteiger partial charge in [0.2, 0.25) is 0 Å². The number of benzene rings is 1. The zero-order valence-corrected chi connectivity index (χ0v) is 8.97. The normalized spacial score (nSPS) is 13.1. The second kappa shape index (κ2) is 3.59. The number of rotatable bonds is 2. The van der Waals surface area contributed by atoms with Crippen LogP contribution < -0.4 is 4.74 Å². The van der Waals surface area contributed by atoms with Crippen molar-refractivity contribution in [3.8, 4) is 5.75 Å². The van der Waals surface area contributed by atoms with Crippen LogP contribution in [-0.4, -0.2) is 12.2 Å². The minimum Gasteiger partial charge on any atom is -0.495 e. The Labute approximate surface area is 86.8 Å². The van der Waals surface area contributed by atoms with E-state index in [0.717, 1.165) is 21.4 Å². The van der Waals surface area contributed by atoms with Gasteiger partial charge in [-0.2, -0.15) is 0 Å². The summed E-state index contributed by atoms with van der Waals surface area (Å²) in [6.45, 7) is 1.78. The maximum Gasteiger partial charge on any atom is 0.136 e. The Morgan fingerprint density at radius 1 is 1.36 bits per heavy atom. The van der Waals surface area contributed by atoms with Crippen LogP contribution in [-0.2, 0) is 0 Å². The largest absolute Gasteiger partial charge is 0.495 e. The summed E-state index contributed by atoms with van der Waals surface area (Å²) in [4.78, 5) is 0. The second-order valence-electron chi connectivity index (χ2n) is 3.20. The van der Waals surface area contributed by atoms with Crippen LogP contribution in [0.25, 0.3) is 10.1 Å². The highest BCUT2D eigenvalue weighted by Gasteiger charge is 2.10. The van der Waals surface area contributed by atoms with E-state index in [9.17, 15) is 5.11 Å². The second-order valence-corrected chi connectivity index (χ2v) is 4.11. The first-order chi connectivity index (χ1) is 6.74. The molecule has 2 nitrogen and oxygen atoms in total. The highest BCUT2D eigenvalue weighted by molar-refractivity contribution is 7.17. The van der Waals surface area contributed by atoms with Gasteiger partial charge in [-0.3, -0.25) is 0 Å². The maximum absolute atomic E-state index is 9.57. The van der Waals surface area contributed by atoms with Gasteiger partial charge in [0.25, 0.3) is 0 Å². The molecule has 0 aliphatic rings. The van der Waals surface area contributed by atoms with Crippen LogP contribution in [0, 0.1) is 0 Å². The zero-order chi connectivity index (χ0) is 10.1. The van der Waals surface area contributed by atoms with Gasteiger partial charge in [0.15, 0.2) is 0 Å². The molecule has 0 spiro atoms. The summed E-state index contributed by atoms with van der Waals surface area (Å²) in [5.74, 6) is 0.874. The molecule has 1 unspecified atom stereocenters. The number of ether oxygens (including phenoxy) is 1. The standard InChI is InChI=1S/C11H12O2S/c1-7(12)8-3-4-10(13-2)11-9(8)5-6-14-11/h3-7,12H,1-2H3. The van der Waals surface area contributed by atoms with E-state index in [-0.39, 0.29) is 0 Å². The third-order valence-corrected chi connectivity index (χ3v) is 3.21. The van der Waals surface area contributed by atoms with Gasteiger partial charge in [-0.05, 0) is 30.0 Å². The number of hydrogen-bond acceptors (Lipinski definition) is 3. The van der Waals surface area contributed by atoms with Crippen LogP contribution in [0.5, 0.6) is 5.75 Å². The van der Waals surface area contributed by atoms with Gasteiger partial charge in [-0.1, -0.05) is 6.07 Å². The molecule has 2 aromatic rings. The lowest BCUT2D eigenvalue weighted by molar-refractivity contribution is 0.201. The van der Waals surface area contributed by atoms with Crippen LogP contribution in [0.1, 0.15) is 18.6 Å². The number of thiophene rings is 1. The van der Waals surface area contributed by atoms with Gasteiger partial charge in [0, 0.05) is 5.39 Å². The first-order valence-corrected chi connectivity index (χ1v) is 5.34. The van der Waals surface area contributed by atoms with Gasteiger partial charge < -0.3 is 9.84 Å². The molecule has 74 valence electrons. The van der Waals surface area contributed by atoms with Crippen molar-refractivity contribution in [3.05, 3.63) is 29.1 Å². The SMILES string of the molecule is COc1ccc(C(C)O)c2ccsc12. The van der Waals surface area contributed by atoms with Crippen LogP contribution in [0.4, 0.5) is 0 Å². The smallest absolute Gasteiger partial charge is 0.136 e. The summed E-state index contributed by atoms with van der Waals surface area (Å²) in [5.41, 5.74) is 0.960. The molecular weight excluding hydrogens is 196 g/mol. The third kappa shape index (κ3) is 1.38. The van der Waals surface area contributed by atoms with Gasteiger partial charge in [0.05, 0.1) is 17.9 Å². The van der Waals surface area contributed by atoms with Crippen molar-refractivity contribution in [1.29, 1.82) is 0 Å². The summed E-state index contributed by atoms with van der Waals surface area (Å²) in [5, 5.41) is 12.7. The topological polar surface area (TPSA) is 29.5 Å². The van der Waals surface area contributed by atoms with Gasteiger partial charge >= 0.3 is 0 Å². The summed E-state index contributed by atoms with van der Waals surface area (Å²) < 4.78 is 6.35. The molecule has 3 heteroatoms. The molecule has 0 fully saturated rings. The highest BCUT2D eigenvalue weighted by Crippen LogP contribution is 2.35. The van der Waals surface area contributed by atoms with Crippen LogP contribution in [0.2, 0.25) is 0 Å². The minimum absolute atomic E-state index is 0.432. The molecule has 0 aliphatic carbocycles. The number of methoxy groups -OCH3 is 1. The van der Waals surface area contributed by atoms with Gasteiger partial charge in [-0.15, -0.1) is 11.3 Å². The van der Waals surface area contributed by atoms with E-state index >= 15 is 0 Å². The van der Waals surface area contributed by atoms with Crippen molar-refractivity contribution in [2.24, 2.45) is 0 Å². The Bertz CT molecular complexity index is 445. The van der Waals surface area contributed by atoms with Crippen molar-refractivity contribution < 1.29 is 9.84 Å². The average molecular weight is 208 g/mol. The Kier molecular flexibility index (Phi) is 2.44. The molecule has 14 heavy (non-hydrogen) atoms. The van der Waals surface area contributed by atoms with E-state index in [1.54, 1.807) is 25.4 Å². The van der Waals surface area contributed by atoms with Gasteiger partial charge in [-0.25, -0.2) is 0 Å². The van der Waals surface area contributed by atoms with E-state index in [2.05, 4.69) is 0 Å². The molecule has 1 heterocycles. The predicted octanol–water partition coefficient (Wildman–Crippen LogP) is 2.96. The highest BCUT2D eigenvalue weighted by atomic mass is 32.1. The number of aliphatic hydroxyl groups excluding tert-OH is 1. The fraction of sp³-hybridized carbons (Fsp3) is 0.273. The van der Waals surface area contributed by atoms with Crippen molar-refractivity contribution >= 4 is 21.4 Å². The fourth-order valence-electron chi connectivity index (χ4n) is 1.58. The third-order valence-electron chi connectivity index (χ3n) is 2.28. The molecule has 1 aromatic carbocycles. The number of hydrogen-bond donors (Lipinski definition) is 1. The molecule has 0 saturated heterocycles. The maximum atomic E-state index is 9.57. The molecule has 2 rings (SSSR count). The van der Waals surface area contributed by atoms with E-state index in [4.69, 9.17) is 4.74 Å². The Morgan fingerprint density at radius 2 is 2.14 bits per heavy atom. The molecule has 0 aliphatic heterocycles.